The highest BCUT2D eigenvalue weighted by molar-refractivity contribution is 6.15. The Labute approximate surface area is 223 Å². The van der Waals surface area contributed by atoms with E-state index in [0.29, 0.717) is 16.7 Å². The summed E-state index contributed by atoms with van der Waals surface area (Å²) in [4.78, 5) is 30.4. The van der Waals surface area contributed by atoms with Crippen molar-refractivity contribution in [2.75, 3.05) is 31.1 Å². The Hall–Kier alpha value is -4.36. The van der Waals surface area contributed by atoms with Crippen molar-refractivity contribution in [1.29, 1.82) is 0 Å². The van der Waals surface area contributed by atoms with Crippen LogP contribution in [0, 0.1) is 6.92 Å². The maximum Gasteiger partial charge on any atom is 0.279 e. The minimum atomic E-state index is -0.254. The number of hydrogen-bond donors (Lipinski definition) is 0. The van der Waals surface area contributed by atoms with E-state index in [4.69, 9.17) is 0 Å². The predicted octanol–water partition coefficient (Wildman–Crippen LogP) is 4.63. The number of nitrogens with zero attached hydrogens (tertiary/aromatic N) is 5. The van der Waals surface area contributed by atoms with Crippen molar-refractivity contribution in [2.24, 2.45) is 7.05 Å². The fourth-order valence-electron chi connectivity index (χ4n) is 5.20. The highest BCUT2D eigenvalue weighted by Crippen LogP contribution is 2.38. The predicted molar refractivity (Wildman–Crippen MR) is 154 cm³/mol. The third-order valence-corrected chi connectivity index (χ3v) is 7.46. The molecule has 1 saturated heterocycles. The average Bonchev–Trinajstić information content (AvgIpc) is 3.28. The molecule has 1 aliphatic rings. The lowest BCUT2D eigenvalue weighted by atomic mass is 9.90. The van der Waals surface area contributed by atoms with Crippen LogP contribution in [0.3, 0.4) is 0 Å². The molecule has 38 heavy (non-hydrogen) atoms. The molecule has 4 aromatic rings. The summed E-state index contributed by atoms with van der Waals surface area (Å²) in [6.45, 7) is 3.95. The Kier molecular flexibility index (Phi) is 6.55. The number of amides is 1. The van der Waals surface area contributed by atoms with E-state index in [-0.39, 0.29) is 17.5 Å². The molecule has 194 valence electrons. The van der Waals surface area contributed by atoms with E-state index in [1.807, 2.05) is 142 Å². The maximum absolute atomic E-state index is 14.2. The molecule has 7 heteroatoms. The summed E-state index contributed by atoms with van der Waals surface area (Å²) >= 11 is 0. The maximum atomic E-state index is 14.2. The molecule has 1 unspecified atom stereocenters. The summed E-state index contributed by atoms with van der Waals surface area (Å²) in [7, 11) is 7.77. The molecule has 1 aromatic heterocycles. The monoisotopic (exact) mass is 507 g/mol. The zero-order chi connectivity index (χ0) is 27.1. The van der Waals surface area contributed by atoms with Gasteiger partial charge in [-0.05, 0) is 55.8 Å². The number of rotatable bonds is 5. The molecule has 7 nitrogen and oxygen atoms in total. The van der Waals surface area contributed by atoms with Crippen molar-refractivity contribution in [2.45, 2.75) is 19.9 Å². The van der Waals surface area contributed by atoms with Gasteiger partial charge in [-0.15, -0.1) is 0 Å². The van der Waals surface area contributed by atoms with Crippen LogP contribution in [0.5, 0.6) is 0 Å². The number of aromatic nitrogens is 2. The van der Waals surface area contributed by atoms with Gasteiger partial charge < -0.3 is 4.90 Å². The van der Waals surface area contributed by atoms with Gasteiger partial charge in [-0.25, -0.2) is 14.7 Å². The lowest BCUT2D eigenvalue weighted by Crippen LogP contribution is -2.38. The number of anilines is 2. The summed E-state index contributed by atoms with van der Waals surface area (Å²) < 4.78 is 3.53. The number of likely N-dealkylation sites (N-methyl/N-ethyl adjacent to an activating group) is 1. The van der Waals surface area contributed by atoms with E-state index in [0.717, 1.165) is 28.3 Å². The molecule has 5 rings (SSSR count). The van der Waals surface area contributed by atoms with Gasteiger partial charge in [0.05, 0.1) is 23.0 Å². The molecule has 1 amide bonds. The van der Waals surface area contributed by atoms with E-state index in [2.05, 4.69) is 0 Å². The van der Waals surface area contributed by atoms with Crippen LogP contribution >= 0.6 is 0 Å². The molecule has 1 atom stereocenters. The van der Waals surface area contributed by atoms with Crippen LogP contribution in [0.2, 0.25) is 0 Å². The summed E-state index contributed by atoms with van der Waals surface area (Å²) in [5.41, 5.74) is 5.87. The normalized spacial score (nSPS) is 17.3. The topological polar surface area (TPSA) is 53.7 Å². The van der Waals surface area contributed by atoms with E-state index in [9.17, 15) is 9.59 Å². The molecule has 0 bridgehead atoms. The molecule has 2 heterocycles. The van der Waals surface area contributed by atoms with Crippen molar-refractivity contribution < 1.29 is 4.79 Å². The highest BCUT2D eigenvalue weighted by atomic mass is 16.2. The van der Waals surface area contributed by atoms with Gasteiger partial charge in [0.15, 0.2) is 0 Å². The second-order valence-corrected chi connectivity index (χ2v) is 9.87. The highest BCUT2D eigenvalue weighted by Gasteiger charge is 2.42. The lowest BCUT2D eigenvalue weighted by Gasteiger charge is -2.25. The molecule has 0 saturated carbocycles. The van der Waals surface area contributed by atoms with Gasteiger partial charge in [0, 0.05) is 50.7 Å². The third kappa shape index (κ3) is 4.05. The number of hydrogen-bond acceptors (Lipinski definition) is 4. The Morgan fingerprint density at radius 2 is 1.34 bits per heavy atom. The van der Waals surface area contributed by atoms with Crippen molar-refractivity contribution in [3.63, 3.8) is 0 Å². The second-order valence-electron chi connectivity index (χ2n) is 9.87. The van der Waals surface area contributed by atoms with Crippen LogP contribution in [-0.2, 0) is 11.8 Å². The van der Waals surface area contributed by atoms with Crippen LogP contribution < -0.4 is 15.5 Å². The van der Waals surface area contributed by atoms with Crippen LogP contribution in [0.4, 0.5) is 11.4 Å². The van der Waals surface area contributed by atoms with Crippen molar-refractivity contribution >= 4 is 22.9 Å². The van der Waals surface area contributed by atoms with Crippen LogP contribution in [0.25, 0.3) is 11.3 Å². The molecule has 0 radical (unpaired) electrons. The molecule has 0 aliphatic carbocycles. The summed E-state index contributed by atoms with van der Waals surface area (Å²) in [6, 6.07) is 27.0. The smallest absolute Gasteiger partial charge is 0.279 e. The molecular formula is C31H33N5O2. The van der Waals surface area contributed by atoms with Gasteiger partial charge >= 0.3 is 0 Å². The number of carbonyl (C=O) groups is 1. The fourth-order valence-corrected chi connectivity index (χ4v) is 5.20. The van der Waals surface area contributed by atoms with E-state index < -0.39 is 0 Å². The van der Waals surface area contributed by atoms with Gasteiger partial charge in [0.1, 0.15) is 0 Å². The first-order chi connectivity index (χ1) is 18.2. The molecule has 1 fully saturated rings. The summed E-state index contributed by atoms with van der Waals surface area (Å²) in [6.07, 6.45) is 0. The lowest BCUT2D eigenvalue weighted by molar-refractivity contribution is -0.115. The van der Waals surface area contributed by atoms with Crippen LogP contribution in [0.15, 0.2) is 95.3 Å². The van der Waals surface area contributed by atoms with Crippen LogP contribution in [-0.4, -0.2) is 47.5 Å². The Balaban J connectivity index is 1.81. The quantitative estimate of drug-likeness (QED) is 0.370. The second kappa shape index (κ2) is 9.84. The van der Waals surface area contributed by atoms with Gasteiger partial charge in [-0.3, -0.25) is 14.3 Å². The number of benzene rings is 3. The molecule has 3 aromatic carbocycles. The van der Waals surface area contributed by atoms with Gasteiger partial charge in [-0.1, -0.05) is 48.5 Å². The SMILES string of the molecule is Cc1c(/C(=C2/C(=O)N(c3ccccc3)N(C)C2C)c2ccc(N(C)C)cc2)c(=O)n(-c2ccccc2)n1C. The minimum absolute atomic E-state index is 0.133. The first kappa shape index (κ1) is 25.3. The Morgan fingerprint density at radius 3 is 1.89 bits per heavy atom. The summed E-state index contributed by atoms with van der Waals surface area (Å²) in [5.74, 6) is -0.133. The fraction of sp³-hybridized carbons (Fsp3) is 0.226. The molecule has 1 aliphatic heterocycles. The third-order valence-electron chi connectivity index (χ3n) is 7.46. The first-order valence-electron chi connectivity index (χ1n) is 12.7. The average molecular weight is 508 g/mol. The largest absolute Gasteiger partial charge is 0.378 e. The molecular weight excluding hydrogens is 474 g/mol. The van der Waals surface area contributed by atoms with Crippen molar-refractivity contribution in [1.82, 2.24) is 14.4 Å². The Morgan fingerprint density at radius 1 is 0.789 bits per heavy atom. The van der Waals surface area contributed by atoms with Crippen molar-refractivity contribution in [3.8, 4) is 5.69 Å². The molecule has 0 N–H and O–H groups in total. The van der Waals surface area contributed by atoms with E-state index >= 15 is 0 Å². The Bertz CT molecular complexity index is 1560. The number of hydrazine groups is 1. The summed E-state index contributed by atoms with van der Waals surface area (Å²) in [5, 5.41) is 3.64. The van der Waals surface area contributed by atoms with Crippen molar-refractivity contribution in [3.05, 3.63) is 118 Å². The van der Waals surface area contributed by atoms with E-state index in [1.54, 1.807) is 9.69 Å². The van der Waals surface area contributed by atoms with Crippen LogP contribution in [0.1, 0.15) is 23.7 Å². The zero-order valence-electron chi connectivity index (χ0n) is 22.7. The standard InChI is InChI=1S/C31H33N5O2/c1-21-27(30(37)35(33(21)5)25-13-9-7-10-14-25)29(23-17-19-24(20-18-23)32(3)4)28-22(2)34(6)36(31(28)38)26-15-11-8-12-16-26/h7-21H,1-6H3/b29-27+. The van der Waals surface area contributed by atoms with E-state index in [1.165, 1.54) is 0 Å². The zero-order valence-corrected chi connectivity index (χ0v) is 22.7. The van der Waals surface area contributed by atoms with Gasteiger partial charge in [-0.2, -0.15) is 0 Å². The first-order valence-corrected chi connectivity index (χ1v) is 12.7. The minimum Gasteiger partial charge on any atom is -0.378 e. The molecule has 0 spiro atoms. The number of carbonyl (C=O) groups excluding carboxylic acids is 1. The van der Waals surface area contributed by atoms with Gasteiger partial charge in [0.2, 0.25) is 0 Å². The van der Waals surface area contributed by atoms with Gasteiger partial charge in [0.25, 0.3) is 11.5 Å². The number of para-hydroxylation sites is 2.